The minimum Gasteiger partial charge on any atom is -0.368 e. The smallest absolute Gasteiger partial charge is 0.245 e. The van der Waals surface area contributed by atoms with Crippen molar-refractivity contribution < 1.29 is 9.59 Å². The van der Waals surface area contributed by atoms with Crippen LogP contribution in [0.2, 0.25) is 10.0 Å². The first-order valence-electron chi connectivity index (χ1n) is 12.6. The van der Waals surface area contributed by atoms with E-state index < -0.39 is 6.04 Å². The highest BCUT2D eigenvalue weighted by Gasteiger charge is 2.35. The van der Waals surface area contributed by atoms with Gasteiger partial charge in [-0.1, -0.05) is 47.5 Å². The second kappa shape index (κ2) is 13.1. The molecule has 0 aliphatic carbocycles. The van der Waals surface area contributed by atoms with Gasteiger partial charge in [-0.05, 0) is 29.3 Å². The summed E-state index contributed by atoms with van der Waals surface area (Å²) in [6.07, 6.45) is 0.818. The van der Waals surface area contributed by atoms with E-state index in [2.05, 4.69) is 33.7 Å². The molecule has 2 N–H and O–H groups in total. The molecular formula is C27H32Cl2N6O2. The number of halogens is 2. The fourth-order valence-electron chi connectivity index (χ4n) is 4.89. The number of nitrogens with zero attached hydrogens (tertiary/aromatic N) is 4. The average molecular weight is 543 g/mol. The Morgan fingerprint density at radius 3 is 2.59 bits per heavy atom. The fourth-order valence-corrected chi connectivity index (χ4v) is 5.38. The van der Waals surface area contributed by atoms with Crippen LogP contribution in [0.4, 0.5) is 5.69 Å². The lowest BCUT2D eigenvalue weighted by atomic mass is 10.0. The lowest BCUT2D eigenvalue weighted by molar-refractivity contribution is -0.146. The molecule has 2 heterocycles. The van der Waals surface area contributed by atoms with Crippen LogP contribution >= 0.6 is 23.2 Å². The molecule has 0 bridgehead atoms. The first-order valence-corrected chi connectivity index (χ1v) is 13.4. The van der Waals surface area contributed by atoms with Gasteiger partial charge in [-0.15, -0.1) is 0 Å². The number of hydrogen-bond donors (Lipinski definition) is 2. The van der Waals surface area contributed by atoms with Gasteiger partial charge in [-0.2, -0.15) is 5.26 Å². The van der Waals surface area contributed by atoms with E-state index in [9.17, 15) is 9.59 Å². The summed E-state index contributed by atoms with van der Waals surface area (Å²) >= 11 is 12.5. The van der Waals surface area contributed by atoms with Crippen LogP contribution in [0.25, 0.3) is 0 Å². The minimum absolute atomic E-state index is 0.0487. The Balaban J connectivity index is 1.45. The van der Waals surface area contributed by atoms with Crippen molar-refractivity contribution in [3.8, 4) is 6.07 Å². The number of piperazine rings is 2. The SMILES string of the molecule is N#CCCNCc1ccccc1N1CCN(C(=O)C(Cc2ccc(Cl)cc2Cl)N2CCNCC2=O)CC1. The number of para-hydroxylation sites is 1. The van der Waals surface area contributed by atoms with Gasteiger partial charge in [0.25, 0.3) is 0 Å². The predicted octanol–water partition coefficient (Wildman–Crippen LogP) is 2.69. The summed E-state index contributed by atoms with van der Waals surface area (Å²) in [6, 6.07) is 15.0. The molecule has 0 saturated carbocycles. The standard InChI is InChI=1S/C27H32Cl2N6O2/c28-22-7-6-20(23(29)17-22)16-25(35-11-10-32-19-26(35)36)27(37)34-14-12-33(13-15-34)24-5-2-1-4-21(24)18-31-9-3-8-30/h1-2,4-7,17,25,31-32H,3,9-16,18-19H2. The van der Waals surface area contributed by atoms with E-state index in [0.717, 1.165) is 11.3 Å². The van der Waals surface area contributed by atoms with Crippen molar-refractivity contribution in [3.63, 3.8) is 0 Å². The van der Waals surface area contributed by atoms with E-state index in [4.69, 9.17) is 28.5 Å². The van der Waals surface area contributed by atoms with Crippen molar-refractivity contribution in [2.75, 3.05) is 57.3 Å². The first-order chi connectivity index (χ1) is 18.0. The molecule has 1 unspecified atom stereocenters. The third kappa shape index (κ3) is 6.93. The molecule has 196 valence electrons. The zero-order chi connectivity index (χ0) is 26.2. The number of anilines is 1. The quantitative estimate of drug-likeness (QED) is 0.473. The van der Waals surface area contributed by atoms with Crippen molar-refractivity contribution in [2.24, 2.45) is 0 Å². The predicted molar refractivity (Wildman–Crippen MR) is 146 cm³/mol. The van der Waals surface area contributed by atoms with E-state index >= 15 is 0 Å². The Bertz CT molecular complexity index is 1150. The molecule has 2 aromatic rings. The molecule has 0 spiro atoms. The molecule has 2 amide bonds. The van der Waals surface area contributed by atoms with Gasteiger partial charge in [0.15, 0.2) is 0 Å². The van der Waals surface area contributed by atoms with Crippen molar-refractivity contribution in [1.29, 1.82) is 5.26 Å². The monoisotopic (exact) mass is 542 g/mol. The molecule has 1 atom stereocenters. The molecule has 8 nitrogen and oxygen atoms in total. The largest absolute Gasteiger partial charge is 0.368 e. The molecular weight excluding hydrogens is 511 g/mol. The Labute approximate surface area is 228 Å². The van der Waals surface area contributed by atoms with Crippen LogP contribution < -0.4 is 15.5 Å². The van der Waals surface area contributed by atoms with Gasteiger partial charge in [0.1, 0.15) is 6.04 Å². The Morgan fingerprint density at radius 1 is 1.08 bits per heavy atom. The van der Waals surface area contributed by atoms with Crippen molar-refractivity contribution >= 4 is 40.7 Å². The normalized spacial score (nSPS) is 17.0. The van der Waals surface area contributed by atoms with Crippen LogP contribution in [0.3, 0.4) is 0 Å². The Hall–Kier alpha value is -2.83. The van der Waals surface area contributed by atoms with E-state index in [1.807, 2.05) is 23.1 Å². The van der Waals surface area contributed by atoms with E-state index in [-0.39, 0.29) is 18.4 Å². The maximum absolute atomic E-state index is 13.8. The Kier molecular flexibility index (Phi) is 9.64. The van der Waals surface area contributed by atoms with Crippen LogP contribution in [-0.4, -0.2) is 80.0 Å². The van der Waals surface area contributed by atoms with Gasteiger partial charge >= 0.3 is 0 Å². The van der Waals surface area contributed by atoms with E-state index in [1.54, 1.807) is 17.0 Å². The molecule has 10 heteroatoms. The third-order valence-corrected chi connectivity index (χ3v) is 7.46. The summed E-state index contributed by atoms with van der Waals surface area (Å²) in [5.41, 5.74) is 3.11. The molecule has 2 fully saturated rings. The number of hydrogen-bond acceptors (Lipinski definition) is 6. The number of nitriles is 1. The highest BCUT2D eigenvalue weighted by molar-refractivity contribution is 6.35. The first kappa shape index (κ1) is 27.2. The third-order valence-electron chi connectivity index (χ3n) is 6.87. The van der Waals surface area contributed by atoms with Gasteiger partial charge in [0.05, 0.1) is 12.6 Å². The molecule has 4 rings (SSSR count). The minimum atomic E-state index is -0.614. The number of nitrogens with one attached hydrogen (secondary N) is 2. The van der Waals surface area contributed by atoms with Crippen molar-refractivity contribution in [3.05, 3.63) is 63.6 Å². The van der Waals surface area contributed by atoms with Crippen LogP contribution in [-0.2, 0) is 22.6 Å². The number of carbonyl (C=O) groups is 2. The second-order valence-corrected chi connectivity index (χ2v) is 10.1. The van der Waals surface area contributed by atoms with E-state index in [1.165, 1.54) is 5.56 Å². The van der Waals surface area contributed by atoms with E-state index in [0.29, 0.717) is 75.2 Å². The van der Waals surface area contributed by atoms with Crippen LogP contribution in [0.5, 0.6) is 0 Å². The molecule has 2 saturated heterocycles. The van der Waals surface area contributed by atoms with Gasteiger partial charge in [0.2, 0.25) is 11.8 Å². The molecule has 2 aromatic carbocycles. The molecule has 37 heavy (non-hydrogen) atoms. The second-order valence-electron chi connectivity index (χ2n) is 9.25. The Morgan fingerprint density at radius 2 is 1.86 bits per heavy atom. The molecule has 0 aromatic heterocycles. The maximum atomic E-state index is 13.8. The summed E-state index contributed by atoms with van der Waals surface area (Å²) in [4.78, 5) is 32.4. The summed E-state index contributed by atoms with van der Waals surface area (Å²) < 4.78 is 0. The summed E-state index contributed by atoms with van der Waals surface area (Å²) in [5.74, 6) is -0.126. The maximum Gasteiger partial charge on any atom is 0.245 e. The van der Waals surface area contributed by atoms with Gasteiger partial charge in [-0.3, -0.25) is 9.59 Å². The number of rotatable bonds is 9. The zero-order valence-corrected chi connectivity index (χ0v) is 22.3. The van der Waals surface area contributed by atoms with Gasteiger partial charge < -0.3 is 25.3 Å². The highest BCUT2D eigenvalue weighted by atomic mass is 35.5. The summed E-state index contributed by atoms with van der Waals surface area (Å²) in [7, 11) is 0. The summed E-state index contributed by atoms with van der Waals surface area (Å²) in [6.45, 7) is 5.23. The highest BCUT2D eigenvalue weighted by Crippen LogP contribution is 2.26. The molecule has 2 aliphatic rings. The van der Waals surface area contributed by atoms with Crippen LogP contribution in [0, 0.1) is 11.3 Å². The van der Waals surface area contributed by atoms with Crippen LogP contribution in [0.1, 0.15) is 17.5 Å². The topological polar surface area (TPSA) is 91.7 Å². The average Bonchev–Trinajstić information content (AvgIpc) is 2.91. The number of amides is 2. The van der Waals surface area contributed by atoms with Crippen molar-refractivity contribution in [2.45, 2.75) is 25.4 Å². The number of benzene rings is 2. The number of carbonyl (C=O) groups excluding carboxylic acids is 2. The van der Waals surface area contributed by atoms with Crippen LogP contribution in [0.15, 0.2) is 42.5 Å². The van der Waals surface area contributed by atoms with Gasteiger partial charge in [-0.25, -0.2) is 0 Å². The zero-order valence-electron chi connectivity index (χ0n) is 20.8. The van der Waals surface area contributed by atoms with Crippen molar-refractivity contribution in [1.82, 2.24) is 20.4 Å². The molecule has 2 aliphatic heterocycles. The lowest BCUT2D eigenvalue weighted by Crippen LogP contribution is -2.60. The fraction of sp³-hybridized carbons (Fsp3) is 0.444. The summed E-state index contributed by atoms with van der Waals surface area (Å²) in [5, 5.41) is 16.2. The molecule has 0 radical (unpaired) electrons. The lowest BCUT2D eigenvalue weighted by Gasteiger charge is -2.41. The van der Waals surface area contributed by atoms with Gasteiger partial charge in [0, 0.05) is 80.9 Å².